The number of azo groups is 1. The summed E-state index contributed by atoms with van der Waals surface area (Å²) in [5, 5.41) is 13.3. The number of rotatable bonds is 4. The Balaban J connectivity index is 1.69. The number of amides is 1. The van der Waals surface area contributed by atoms with E-state index in [0.717, 1.165) is 22.1 Å². The molecule has 0 unspecified atom stereocenters. The first-order valence-electron chi connectivity index (χ1n) is 8.15. The third-order valence-electron chi connectivity index (χ3n) is 3.92. The van der Waals surface area contributed by atoms with E-state index in [1.165, 1.54) is 6.26 Å². The summed E-state index contributed by atoms with van der Waals surface area (Å²) in [5.41, 5.74) is 2.22. The Kier molecular flexibility index (Phi) is 4.26. The van der Waals surface area contributed by atoms with Crippen molar-refractivity contribution in [3.8, 4) is 0 Å². The van der Waals surface area contributed by atoms with E-state index < -0.39 is 0 Å². The Labute approximate surface area is 150 Å². The number of nitrogens with one attached hydrogen (secondary N) is 1. The highest BCUT2D eigenvalue weighted by molar-refractivity contribution is 6.09. The van der Waals surface area contributed by atoms with Crippen molar-refractivity contribution in [2.24, 2.45) is 10.2 Å². The molecule has 0 saturated heterocycles. The first kappa shape index (κ1) is 15.8. The van der Waals surface area contributed by atoms with Gasteiger partial charge in [0.1, 0.15) is 0 Å². The number of carbonyl (C=O) groups is 1. The minimum atomic E-state index is -0.293. The van der Waals surface area contributed by atoms with E-state index in [-0.39, 0.29) is 11.7 Å². The number of benzene rings is 3. The van der Waals surface area contributed by atoms with Crippen LogP contribution in [0.5, 0.6) is 0 Å². The number of carbonyl (C=O) groups excluding carboxylic acids is 1. The summed E-state index contributed by atoms with van der Waals surface area (Å²) >= 11 is 0. The molecule has 126 valence electrons. The van der Waals surface area contributed by atoms with E-state index >= 15 is 0 Å². The first-order chi connectivity index (χ1) is 12.8. The third-order valence-corrected chi connectivity index (χ3v) is 3.92. The van der Waals surface area contributed by atoms with Crippen LogP contribution in [0.2, 0.25) is 0 Å². The molecule has 0 bridgehead atoms. The van der Waals surface area contributed by atoms with E-state index in [4.69, 9.17) is 4.42 Å². The lowest BCUT2D eigenvalue weighted by atomic mass is 10.1. The normalized spacial score (nSPS) is 11.1. The van der Waals surface area contributed by atoms with Crippen molar-refractivity contribution in [3.63, 3.8) is 0 Å². The molecule has 0 aliphatic heterocycles. The Bertz CT molecular complexity index is 1070. The number of fused-ring (bicyclic) bond motifs is 1. The summed E-state index contributed by atoms with van der Waals surface area (Å²) in [6.07, 6.45) is 1.47. The lowest BCUT2D eigenvalue weighted by Crippen LogP contribution is -2.11. The summed E-state index contributed by atoms with van der Waals surface area (Å²) in [6, 6.07) is 24.3. The number of furan rings is 1. The Morgan fingerprint density at radius 1 is 0.769 bits per heavy atom. The van der Waals surface area contributed by atoms with Crippen LogP contribution in [-0.2, 0) is 0 Å². The smallest absolute Gasteiger partial charge is 0.291 e. The maximum absolute atomic E-state index is 12.3. The molecule has 0 aliphatic rings. The Morgan fingerprint density at radius 3 is 2.31 bits per heavy atom. The second-order valence-electron chi connectivity index (χ2n) is 5.64. The molecule has 4 rings (SSSR count). The Hall–Kier alpha value is -3.73. The zero-order valence-corrected chi connectivity index (χ0v) is 13.8. The van der Waals surface area contributed by atoms with Gasteiger partial charge in [-0.15, -0.1) is 5.11 Å². The summed E-state index contributed by atoms with van der Waals surface area (Å²) in [6.45, 7) is 0. The van der Waals surface area contributed by atoms with E-state index in [1.54, 1.807) is 12.1 Å². The van der Waals surface area contributed by atoms with Crippen molar-refractivity contribution < 1.29 is 9.21 Å². The quantitative estimate of drug-likeness (QED) is 0.456. The molecule has 4 aromatic rings. The zero-order valence-electron chi connectivity index (χ0n) is 13.8. The summed E-state index contributed by atoms with van der Waals surface area (Å²) in [4.78, 5) is 12.3. The lowest BCUT2D eigenvalue weighted by molar-refractivity contribution is 0.0997. The van der Waals surface area contributed by atoms with E-state index in [1.807, 2.05) is 66.7 Å². The summed E-state index contributed by atoms with van der Waals surface area (Å²) in [5.74, 6) is -0.0271. The molecule has 3 aromatic carbocycles. The van der Waals surface area contributed by atoms with Crippen LogP contribution < -0.4 is 5.32 Å². The Morgan fingerprint density at radius 2 is 1.54 bits per heavy atom. The molecule has 1 aromatic heterocycles. The third kappa shape index (κ3) is 3.23. The largest absolute Gasteiger partial charge is 0.459 e. The molecule has 0 fully saturated rings. The maximum atomic E-state index is 12.3. The molecule has 5 nitrogen and oxygen atoms in total. The number of anilines is 1. The van der Waals surface area contributed by atoms with E-state index in [0.29, 0.717) is 5.69 Å². The van der Waals surface area contributed by atoms with Crippen LogP contribution in [0.15, 0.2) is 99.8 Å². The fraction of sp³-hybridized carbons (Fsp3) is 0. The molecule has 0 saturated carbocycles. The van der Waals surface area contributed by atoms with Gasteiger partial charge in [0.2, 0.25) is 0 Å². The highest BCUT2D eigenvalue weighted by atomic mass is 16.3. The zero-order chi connectivity index (χ0) is 17.8. The van der Waals surface area contributed by atoms with Crippen molar-refractivity contribution in [1.29, 1.82) is 0 Å². The molecular weight excluding hydrogens is 326 g/mol. The molecule has 1 N–H and O–H groups in total. The minimum absolute atomic E-state index is 0.266. The average molecular weight is 341 g/mol. The van der Waals surface area contributed by atoms with Gasteiger partial charge in [0.05, 0.1) is 17.6 Å². The molecule has 26 heavy (non-hydrogen) atoms. The SMILES string of the molecule is O=C(Nc1ccc(N=Nc2ccccc2)c2ccccc12)c1ccco1. The summed E-state index contributed by atoms with van der Waals surface area (Å²) < 4.78 is 5.15. The van der Waals surface area contributed by atoms with Crippen molar-refractivity contribution >= 4 is 33.7 Å². The van der Waals surface area contributed by atoms with Gasteiger partial charge < -0.3 is 9.73 Å². The van der Waals surface area contributed by atoms with Gasteiger partial charge in [-0.05, 0) is 36.4 Å². The highest BCUT2D eigenvalue weighted by Crippen LogP contribution is 2.33. The van der Waals surface area contributed by atoms with E-state index in [2.05, 4.69) is 15.5 Å². The number of hydrogen-bond acceptors (Lipinski definition) is 4. The highest BCUT2D eigenvalue weighted by Gasteiger charge is 2.12. The second kappa shape index (κ2) is 7.03. The first-order valence-corrected chi connectivity index (χ1v) is 8.15. The van der Waals surface area contributed by atoms with Gasteiger partial charge in [-0.25, -0.2) is 0 Å². The topological polar surface area (TPSA) is 67.0 Å². The van der Waals surface area contributed by atoms with Crippen molar-refractivity contribution in [3.05, 3.63) is 90.9 Å². The molecule has 5 heteroatoms. The predicted molar refractivity (Wildman–Crippen MR) is 101 cm³/mol. The molecule has 0 spiro atoms. The van der Waals surface area contributed by atoms with Crippen LogP contribution in [-0.4, -0.2) is 5.91 Å². The van der Waals surface area contributed by atoms with Gasteiger partial charge in [0.15, 0.2) is 5.76 Å². The van der Waals surface area contributed by atoms with E-state index in [9.17, 15) is 4.79 Å². The fourth-order valence-corrected chi connectivity index (χ4v) is 2.68. The predicted octanol–water partition coefficient (Wildman–Crippen LogP) is 6.10. The van der Waals surface area contributed by atoms with Gasteiger partial charge in [-0.3, -0.25) is 4.79 Å². The standard InChI is InChI=1S/C21H15N3O2/c25-21(20-11-6-14-26-20)22-18-12-13-19(17-10-5-4-9-16(17)18)24-23-15-7-2-1-3-8-15/h1-14H,(H,22,25). The minimum Gasteiger partial charge on any atom is -0.459 e. The van der Waals surface area contributed by atoms with Crippen molar-refractivity contribution in [2.75, 3.05) is 5.32 Å². The van der Waals surface area contributed by atoms with Crippen LogP contribution in [0.1, 0.15) is 10.6 Å². The summed E-state index contributed by atoms with van der Waals surface area (Å²) in [7, 11) is 0. The molecule has 0 aliphatic carbocycles. The van der Waals surface area contributed by atoms with Crippen LogP contribution in [0.4, 0.5) is 17.1 Å². The van der Waals surface area contributed by atoms with Crippen LogP contribution >= 0.6 is 0 Å². The van der Waals surface area contributed by atoms with Crippen LogP contribution in [0, 0.1) is 0 Å². The number of hydrogen-bond donors (Lipinski definition) is 1. The van der Waals surface area contributed by atoms with Crippen molar-refractivity contribution in [1.82, 2.24) is 0 Å². The average Bonchev–Trinajstić information content (AvgIpc) is 3.23. The maximum Gasteiger partial charge on any atom is 0.291 e. The molecule has 1 amide bonds. The van der Waals surface area contributed by atoms with Gasteiger partial charge in [-0.1, -0.05) is 42.5 Å². The fourth-order valence-electron chi connectivity index (χ4n) is 2.68. The van der Waals surface area contributed by atoms with Gasteiger partial charge in [-0.2, -0.15) is 5.11 Å². The van der Waals surface area contributed by atoms with Gasteiger partial charge >= 0.3 is 0 Å². The molecule has 0 radical (unpaired) electrons. The number of nitrogens with zero attached hydrogens (tertiary/aromatic N) is 2. The van der Waals surface area contributed by atoms with Crippen molar-refractivity contribution in [2.45, 2.75) is 0 Å². The second-order valence-corrected chi connectivity index (χ2v) is 5.64. The van der Waals surface area contributed by atoms with Crippen LogP contribution in [0.25, 0.3) is 10.8 Å². The van der Waals surface area contributed by atoms with Gasteiger partial charge in [0, 0.05) is 16.5 Å². The lowest BCUT2D eigenvalue weighted by Gasteiger charge is -2.09. The van der Waals surface area contributed by atoms with Gasteiger partial charge in [0.25, 0.3) is 5.91 Å². The van der Waals surface area contributed by atoms with Crippen LogP contribution in [0.3, 0.4) is 0 Å². The molecule has 0 atom stereocenters. The monoisotopic (exact) mass is 341 g/mol. The molecular formula is C21H15N3O2. The molecule has 1 heterocycles.